The van der Waals surface area contributed by atoms with E-state index in [-0.39, 0.29) is 5.78 Å². The zero-order chi connectivity index (χ0) is 17.8. The number of hydrogen-bond donors (Lipinski definition) is 1. The molecule has 0 aromatic rings. The molecule has 0 fully saturated rings. The van der Waals surface area contributed by atoms with Crippen LogP contribution in [0.5, 0.6) is 0 Å². The molecule has 1 heterocycles. The Labute approximate surface area is 141 Å². The number of hydrogen-bond acceptors (Lipinski definition) is 3. The van der Waals surface area contributed by atoms with E-state index in [1.165, 1.54) is 26.2 Å². The lowest BCUT2D eigenvalue weighted by molar-refractivity contribution is -0.169. The normalized spacial score (nSPS) is 26.3. The van der Waals surface area contributed by atoms with Crippen LogP contribution in [-0.4, -0.2) is 16.7 Å². The average Bonchev–Trinajstić information content (AvgIpc) is 2.62. The summed E-state index contributed by atoms with van der Waals surface area (Å²) < 4.78 is 5.45. The van der Waals surface area contributed by atoms with E-state index in [1.54, 1.807) is 6.92 Å². The molecule has 0 saturated heterocycles. The molecule has 4 atom stereocenters. The molecule has 1 rings (SSSR count). The maximum Gasteiger partial charge on any atom is 0.269 e. The van der Waals surface area contributed by atoms with E-state index in [0.717, 1.165) is 17.9 Å². The molecular weight excluding hydrogens is 288 g/mol. The molecule has 0 radical (unpaired) electrons. The Morgan fingerprint density at radius 3 is 2.35 bits per heavy atom. The zero-order valence-corrected chi connectivity index (χ0v) is 15.9. The summed E-state index contributed by atoms with van der Waals surface area (Å²) in [7, 11) is 0. The second-order valence-corrected chi connectivity index (χ2v) is 7.67. The van der Waals surface area contributed by atoms with Crippen LogP contribution in [-0.2, 0) is 9.53 Å². The topological polar surface area (TPSA) is 46.5 Å². The molecule has 1 N–H and O–H groups in total. The van der Waals surface area contributed by atoms with Crippen molar-refractivity contribution in [3.8, 4) is 0 Å². The molecule has 0 aromatic heterocycles. The van der Waals surface area contributed by atoms with Crippen molar-refractivity contribution >= 4 is 5.78 Å². The van der Waals surface area contributed by atoms with Crippen LogP contribution in [0.25, 0.3) is 0 Å². The van der Waals surface area contributed by atoms with Crippen molar-refractivity contribution in [3.63, 3.8) is 0 Å². The van der Waals surface area contributed by atoms with Gasteiger partial charge < -0.3 is 9.84 Å². The van der Waals surface area contributed by atoms with Crippen molar-refractivity contribution in [1.82, 2.24) is 0 Å². The van der Waals surface area contributed by atoms with Gasteiger partial charge >= 0.3 is 0 Å². The third-order valence-corrected chi connectivity index (χ3v) is 4.66. The molecule has 0 aliphatic carbocycles. The molecular formula is C20H34O3. The number of rotatable bonds is 8. The molecule has 3 nitrogen and oxygen atoms in total. The first-order valence-electron chi connectivity index (χ1n) is 8.94. The van der Waals surface area contributed by atoms with Crippen LogP contribution in [0, 0.1) is 17.8 Å². The Balaban J connectivity index is 2.66. The van der Waals surface area contributed by atoms with E-state index >= 15 is 0 Å². The van der Waals surface area contributed by atoms with Gasteiger partial charge in [0.15, 0.2) is 0 Å². The fourth-order valence-electron chi connectivity index (χ4n) is 3.75. The van der Waals surface area contributed by atoms with Gasteiger partial charge in [-0.25, -0.2) is 0 Å². The predicted octanol–water partition coefficient (Wildman–Crippen LogP) is 5.00. The van der Waals surface area contributed by atoms with E-state index in [2.05, 4.69) is 33.8 Å². The summed E-state index contributed by atoms with van der Waals surface area (Å²) in [5.74, 6) is 0.376. The number of allylic oxidation sites excluding steroid dienone is 2. The largest absolute Gasteiger partial charge is 0.454 e. The van der Waals surface area contributed by atoms with E-state index in [9.17, 15) is 9.90 Å². The first-order valence-corrected chi connectivity index (χ1v) is 8.94. The summed E-state index contributed by atoms with van der Waals surface area (Å²) in [6, 6.07) is 0. The van der Waals surface area contributed by atoms with Gasteiger partial charge in [-0.05, 0) is 50.0 Å². The quantitative estimate of drug-likeness (QED) is 0.684. The molecule has 3 heteroatoms. The molecule has 0 bridgehead atoms. The number of Topliss-reactive ketones (excluding diaryl/α,β-unsaturated/α-hetero) is 1. The Bertz CT molecular complexity index is 485. The summed E-state index contributed by atoms with van der Waals surface area (Å²) in [6.45, 7) is 14.2. The molecule has 0 spiro atoms. The van der Waals surface area contributed by atoms with Crippen LogP contribution in [0.15, 0.2) is 23.0 Å². The minimum Gasteiger partial charge on any atom is -0.454 e. The zero-order valence-electron chi connectivity index (χ0n) is 15.9. The highest BCUT2D eigenvalue weighted by molar-refractivity contribution is 6.03. The Kier molecular flexibility index (Phi) is 7.06. The van der Waals surface area contributed by atoms with E-state index in [4.69, 9.17) is 4.74 Å². The van der Waals surface area contributed by atoms with Gasteiger partial charge in [-0.2, -0.15) is 0 Å². The maximum atomic E-state index is 11.9. The summed E-state index contributed by atoms with van der Waals surface area (Å²) in [4.78, 5) is 11.9. The first kappa shape index (κ1) is 20.0. The second-order valence-electron chi connectivity index (χ2n) is 7.67. The number of carbonyl (C=O) groups excluding carboxylic acids is 1. The maximum absolute atomic E-state index is 11.9. The molecule has 132 valence electrons. The lowest BCUT2D eigenvalue weighted by Crippen LogP contribution is -2.32. The monoisotopic (exact) mass is 322 g/mol. The van der Waals surface area contributed by atoms with Gasteiger partial charge in [0.1, 0.15) is 5.76 Å². The fourth-order valence-corrected chi connectivity index (χ4v) is 3.75. The van der Waals surface area contributed by atoms with Crippen molar-refractivity contribution < 1.29 is 14.6 Å². The Hall–Kier alpha value is -1.09. The van der Waals surface area contributed by atoms with Gasteiger partial charge in [-0.15, -0.1) is 0 Å². The molecule has 0 aromatic carbocycles. The van der Waals surface area contributed by atoms with E-state index in [1.807, 2.05) is 6.92 Å². The third-order valence-electron chi connectivity index (χ3n) is 4.66. The lowest BCUT2D eigenvalue weighted by atomic mass is 9.87. The van der Waals surface area contributed by atoms with Crippen molar-refractivity contribution in [2.75, 3.05) is 0 Å². The highest BCUT2D eigenvalue weighted by Crippen LogP contribution is 2.33. The molecule has 1 aliphatic heterocycles. The number of aliphatic hydroxyl groups is 1. The van der Waals surface area contributed by atoms with E-state index in [0.29, 0.717) is 23.2 Å². The minimum absolute atomic E-state index is 0.338. The summed E-state index contributed by atoms with van der Waals surface area (Å²) >= 11 is 0. The SMILES string of the molecule is CCC[C@H](C)C[C@H](C)C[C@H](C)/C=C(\C)C1=C(C)C(=O)[C@@](C)(O)O1. The molecule has 1 aliphatic rings. The van der Waals surface area contributed by atoms with Crippen LogP contribution in [0.1, 0.15) is 74.1 Å². The highest BCUT2D eigenvalue weighted by Gasteiger charge is 2.42. The predicted molar refractivity (Wildman–Crippen MR) is 94.8 cm³/mol. The number of ether oxygens (including phenoxy) is 1. The minimum atomic E-state index is -1.71. The summed E-state index contributed by atoms with van der Waals surface area (Å²) in [5, 5.41) is 9.94. The molecule has 0 unspecified atom stereocenters. The molecule has 0 amide bonds. The number of carbonyl (C=O) groups is 1. The number of ketones is 1. The van der Waals surface area contributed by atoms with Gasteiger partial charge in [0.2, 0.25) is 5.78 Å². The van der Waals surface area contributed by atoms with Crippen LogP contribution < -0.4 is 0 Å². The summed E-state index contributed by atoms with van der Waals surface area (Å²) in [5.41, 5.74) is 1.45. The van der Waals surface area contributed by atoms with Crippen molar-refractivity contribution in [2.45, 2.75) is 79.9 Å². The Morgan fingerprint density at radius 1 is 1.26 bits per heavy atom. The van der Waals surface area contributed by atoms with Gasteiger partial charge in [0.25, 0.3) is 5.79 Å². The lowest BCUT2D eigenvalue weighted by Gasteiger charge is -2.20. The van der Waals surface area contributed by atoms with Crippen molar-refractivity contribution in [1.29, 1.82) is 0 Å². The van der Waals surface area contributed by atoms with Gasteiger partial charge in [-0.3, -0.25) is 4.79 Å². The third kappa shape index (κ3) is 5.49. The second kappa shape index (κ2) is 8.14. The van der Waals surface area contributed by atoms with Crippen LogP contribution in [0.4, 0.5) is 0 Å². The smallest absolute Gasteiger partial charge is 0.269 e. The van der Waals surface area contributed by atoms with E-state index < -0.39 is 5.79 Å². The highest BCUT2D eigenvalue weighted by atomic mass is 16.6. The Morgan fingerprint density at radius 2 is 1.87 bits per heavy atom. The van der Waals surface area contributed by atoms with Crippen molar-refractivity contribution in [2.24, 2.45) is 17.8 Å². The standard InChI is InChI=1S/C20H34O3/c1-8-9-13(2)10-14(3)11-15(4)12-16(5)18-17(6)19(21)20(7,22)23-18/h12-15,22H,8-11H2,1-7H3/b16-12+/t13-,14-,15-,20-/m0/s1. The van der Waals surface area contributed by atoms with Crippen LogP contribution >= 0.6 is 0 Å². The van der Waals surface area contributed by atoms with Crippen LogP contribution in [0.3, 0.4) is 0 Å². The average molecular weight is 322 g/mol. The van der Waals surface area contributed by atoms with Crippen molar-refractivity contribution in [3.05, 3.63) is 23.0 Å². The van der Waals surface area contributed by atoms with Gasteiger partial charge in [0.05, 0.1) is 0 Å². The van der Waals surface area contributed by atoms with Crippen LogP contribution in [0.2, 0.25) is 0 Å². The van der Waals surface area contributed by atoms with Gasteiger partial charge in [-0.1, -0.05) is 46.6 Å². The summed E-state index contributed by atoms with van der Waals surface area (Å²) in [6.07, 6.45) is 7.10. The molecule has 23 heavy (non-hydrogen) atoms. The van der Waals surface area contributed by atoms with Gasteiger partial charge in [0, 0.05) is 12.5 Å². The fraction of sp³-hybridized carbons (Fsp3) is 0.750. The molecule has 0 saturated carbocycles. The first-order chi connectivity index (χ1) is 10.6.